The van der Waals surface area contributed by atoms with Crippen molar-refractivity contribution in [2.45, 2.75) is 31.5 Å². The Balaban J connectivity index is 2.10. The van der Waals surface area contributed by atoms with Gasteiger partial charge in [-0.3, -0.25) is 4.72 Å². The molecule has 0 spiro atoms. The summed E-state index contributed by atoms with van der Waals surface area (Å²) >= 11 is 0. The number of aromatic nitrogens is 2. The summed E-state index contributed by atoms with van der Waals surface area (Å²) in [5, 5.41) is 10.3. The highest BCUT2D eigenvalue weighted by Crippen LogP contribution is 2.17. The summed E-state index contributed by atoms with van der Waals surface area (Å²) in [7, 11) is -3.78. The number of hydrogen-bond acceptors (Lipinski definition) is 6. The topological polar surface area (TPSA) is 97.1 Å². The third-order valence-electron chi connectivity index (χ3n) is 2.40. The van der Waals surface area contributed by atoms with Crippen molar-refractivity contribution in [1.82, 2.24) is 15.5 Å². The van der Waals surface area contributed by atoms with Crippen molar-refractivity contribution in [1.29, 1.82) is 0 Å². The maximum Gasteiger partial charge on any atom is 0.296 e. The quantitative estimate of drug-likeness (QED) is 0.835. The van der Waals surface area contributed by atoms with Crippen molar-refractivity contribution in [3.63, 3.8) is 0 Å². The Kier molecular flexibility index (Phi) is 4.35. The molecule has 2 rings (SSSR count). The molecule has 0 aliphatic carbocycles. The molecule has 0 radical (unpaired) electrons. The van der Waals surface area contributed by atoms with Crippen LogP contribution in [0.4, 0.5) is 5.82 Å². The molecule has 2 heterocycles. The van der Waals surface area contributed by atoms with Gasteiger partial charge in [0.25, 0.3) is 10.0 Å². The molecule has 0 saturated carbocycles. The molecule has 0 atom stereocenters. The minimum absolute atomic E-state index is 0.144. The monoisotopic (exact) mass is 296 g/mol. The van der Waals surface area contributed by atoms with Gasteiger partial charge in [-0.25, -0.2) is 0 Å². The second-order valence-corrected chi connectivity index (χ2v) is 6.08. The minimum atomic E-state index is -3.78. The van der Waals surface area contributed by atoms with Gasteiger partial charge in [-0.1, -0.05) is 13.8 Å². The van der Waals surface area contributed by atoms with Crippen LogP contribution in [0, 0.1) is 0 Å². The first-order chi connectivity index (χ1) is 9.47. The highest BCUT2D eigenvalue weighted by Gasteiger charge is 2.19. The molecule has 2 aromatic heterocycles. The van der Waals surface area contributed by atoms with Crippen molar-refractivity contribution in [2.75, 3.05) is 4.72 Å². The van der Waals surface area contributed by atoms with E-state index in [4.69, 9.17) is 4.42 Å². The van der Waals surface area contributed by atoms with Gasteiger partial charge in [0.15, 0.2) is 5.82 Å². The second kappa shape index (κ2) is 6.02. The fourth-order valence-electron chi connectivity index (χ4n) is 1.45. The molecule has 0 fully saturated rings. The summed E-state index contributed by atoms with van der Waals surface area (Å²) in [5.74, 6) is 0.698. The second-order valence-electron chi connectivity index (χ2n) is 4.47. The SMILES string of the molecule is CC(C)NCc1ccc(S(=O)(=O)Nc2cccnn2)o1. The zero-order chi connectivity index (χ0) is 14.6. The Bertz CT molecular complexity index is 652. The molecule has 2 aromatic rings. The molecule has 20 heavy (non-hydrogen) atoms. The Morgan fingerprint density at radius 1 is 1.30 bits per heavy atom. The maximum absolute atomic E-state index is 12.1. The Labute approximate surface area is 117 Å². The molecule has 0 amide bonds. The van der Waals surface area contributed by atoms with E-state index in [-0.39, 0.29) is 17.0 Å². The van der Waals surface area contributed by atoms with E-state index in [1.54, 1.807) is 12.1 Å². The number of furan rings is 1. The standard InChI is InChI=1S/C12H16N4O3S/c1-9(2)13-8-10-5-6-12(19-10)20(17,18)16-11-4-3-7-14-15-11/h3-7,9,13H,8H2,1-2H3,(H,15,16). The smallest absolute Gasteiger partial charge is 0.296 e. The van der Waals surface area contributed by atoms with Gasteiger partial charge >= 0.3 is 0 Å². The van der Waals surface area contributed by atoms with Crippen molar-refractivity contribution >= 4 is 15.8 Å². The molecule has 0 aliphatic heterocycles. The van der Waals surface area contributed by atoms with E-state index in [1.165, 1.54) is 18.3 Å². The first-order valence-electron chi connectivity index (χ1n) is 6.10. The molecule has 8 heteroatoms. The van der Waals surface area contributed by atoms with Crippen molar-refractivity contribution < 1.29 is 12.8 Å². The molecule has 0 bridgehead atoms. The predicted molar refractivity (Wildman–Crippen MR) is 73.5 cm³/mol. The fraction of sp³-hybridized carbons (Fsp3) is 0.333. The van der Waals surface area contributed by atoms with E-state index in [9.17, 15) is 8.42 Å². The average Bonchev–Trinajstić information content (AvgIpc) is 2.86. The summed E-state index contributed by atoms with van der Waals surface area (Å²) < 4.78 is 31.7. The van der Waals surface area contributed by atoms with Gasteiger partial charge < -0.3 is 9.73 Å². The molecular weight excluding hydrogens is 280 g/mol. The largest absolute Gasteiger partial charge is 0.446 e. The van der Waals surface area contributed by atoms with Crippen LogP contribution in [-0.4, -0.2) is 24.7 Å². The van der Waals surface area contributed by atoms with E-state index in [0.29, 0.717) is 12.3 Å². The minimum Gasteiger partial charge on any atom is -0.446 e. The lowest BCUT2D eigenvalue weighted by Gasteiger charge is -2.05. The molecule has 2 N–H and O–H groups in total. The molecule has 7 nitrogen and oxygen atoms in total. The highest BCUT2D eigenvalue weighted by atomic mass is 32.2. The van der Waals surface area contributed by atoms with Gasteiger partial charge in [0.05, 0.1) is 6.54 Å². The molecule has 0 unspecified atom stereocenters. The van der Waals surface area contributed by atoms with Crippen LogP contribution in [0.3, 0.4) is 0 Å². The molecule has 0 aromatic carbocycles. The summed E-state index contributed by atoms with van der Waals surface area (Å²) in [6, 6.07) is 6.42. The lowest BCUT2D eigenvalue weighted by Crippen LogP contribution is -2.21. The Morgan fingerprint density at radius 3 is 2.75 bits per heavy atom. The number of nitrogens with one attached hydrogen (secondary N) is 2. The van der Waals surface area contributed by atoms with Crippen LogP contribution in [0.25, 0.3) is 0 Å². The lowest BCUT2D eigenvalue weighted by atomic mass is 10.3. The van der Waals surface area contributed by atoms with E-state index < -0.39 is 10.0 Å². The van der Waals surface area contributed by atoms with Crippen LogP contribution in [-0.2, 0) is 16.6 Å². The number of rotatable bonds is 6. The van der Waals surface area contributed by atoms with Crippen LogP contribution >= 0.6 is 0 Å². The van der Waals surface area contributed by atoms with Crippen LogP contribution in [0.1, 0.15) is 19.6 Å². The molecule has 0 aliphatic rings. The number of nitrogens with zero attached hydrogens (tertiary/aromatic N) is 2. The van der Waals surface area contributed by atoms with Crippen LogP contribution in [0.15, 0.2) is 40.0 Å². The summed E-state index contributed by atoms with van der Waals surface area (Å²) in [6.07, 6.45) is 1.46. The van der Waals surface area contributed by atoms with Gasteiger partial charge in [-0.05, 0) is 24.3 Å². The molecule has 0 saturated heterocycles. The highest BCUT2D eigenvalue weighted by molar-refractivity contribution is 7.92. The summed E-state index contributed by atoms with van der Waals surface area (Å²) in [5.41, 5.74) is 0. The predicted octanol–water partition coefficient (Wildman–Crippen LogP) is 1.37. The van der Waals surface area contributed by atoms with Crippen LogP contribution in [0.2, 0.25) is 0 Å². The average molecular weight is 296 g/mol. The maximum atomic E-state index is 12.1. The number of anilines is 1. The van der Waals surface area contributed by atoms with Gasteiger partial charge in [0, 0.05) is 12.2 Å². The van der Waals surface area contributed by atoms with E-state index in [0.717, 1.165) is 0 Å². The lowest BCUT2D eigenvalue weighted by molar-refractivity contribution is 0.396. The first kappa shape index (κ1) is 14.5. The van der Waals surface area contributed by atoms with Crippen molar-refractivity contribution in [2.24, 2.45) is 0 Å². The third-order valence-corrected chi connectivity index (χ3v) is 3.62. The normalized spacial score (nSPS) is 11.8. The Hall–Kier alpha value is -1.93. The first-order valence-corrected chi connectivity index (χ1v) is 7.58. The van der Waals surface area contributed by atoms with E-state index in [2.05, 4.69) is 20.2 Å². The third kappa shape index (κ3) is 3.78. The van der Waals surface area contributed by atoms with Gasteiger partial charge in [0.1, 0.15) is 5.76 Å². The van der Waals surface area contributed by atoms with Crippen LogP contribution in [0.5, 0.6) is 0 Å². The van der Waals surface area contributed by atoms with Gasteiger partial charge in [-0.2, -0.15) is 13.5 Å². The fourth-order valence-corrected chi connectivity index (χ4v) is 2.40. The number of sulfonamides is 1. The Morgan fingerprint density at radius 2 is 2.10 bits per heavy atom. The number of hydrogen-bond donors (Lipinski definition) is 2. The van der Waals surface area contributed by atoms with Crippen molar-refractivity contribution in [3.8, 4) is 0 Å². The van der Waals surface area contributed by atoms with Crippen LogP contribution < -0.4 is 10.0 Å². The van der Waals surface area contributed by atoms with Crippen molar-refractivity contribution in [3.05, 3.63) is 36.2 Å². The van der Waals surface area contributed by atoms with Gasteiger partial charge in [0.2, 0.25) is 5.09 Å². The zero-order valence-corrected chi connectivity index (χ0v) is 12.0. The summed E-state index contributed by atoms with van der Waals surface area (Å²) in [4.78, 5) is 0. The molecule has 108 valence electrons. The van der Waals surface area contributed by atoms with Gasteiger partial charge in [-0.15, -0.1) is 5.10 Å². The van der Waals surface area contributed by atoms with E-state index >= 15 is 0 Å². The summed E-state index contributed by atoms with van der Waals surface area (Å²) in [6.45, 7) is 4.46. The molecular formula is C12H16N4O3S. The van der Waals surface area contributed by atoms with E-state index in [1.807, 2.05) is 13.8 Å². The zero-order valence-electron chi connectivity index (χ0n) is 11.2.